The van der Waals surface area contributed by atoms with Crippen molar-refractivity contribution in [2.24, 2.45) is 0 Å². The first-order valence-electron chi connectivity index (χ1n) is 15.9. The molecule has 3 aliphatic rings. The topological polar surface area (TPSA) is 41.4 Å². The van der Waals surface area contributed by atoms with Gasteiger partial charge in [0.25, 0.3) is 5.91 Å². The van der Waals surface area contributed by atoms with Gasteiger partial charge in [-0.25, -0.2) is 4.98 Å². The van der Waals surface area contributed by atoms with Crippen LogP contribution in [0, 0.1) is 6.92 Å². The van der Waals surface area contributed by atoms with Gasteiger partial charge in [0.2, 0.25) is 0 Å². The third kappa shape index (κ3) is 5.21. The van der Waals surface area contributed by atoms with E-state index in [-0.39, 0.29) is 11.0 Å². The van der Waals surface area contributed by atoms with E-state index in [0.29, 0.717) is 31.2 Å². The Kier molecular flexibility index (Phi) is 7.51. The molecule has 8 heteroatoms. The molecule has 1 aromatic heterocycles. The largest absolute Gasteiger partial charge is 0.417 e. The zero-order chi connectivity index (χ0) is 30.5. The molecule has 3 atom stereocenters. The summed E-state index contributed by atoms with van der Waals surface area (Å²) in [7, 11) is 0. The Hall–Kier alpha value is -3.65. The highest BCUT2D eigenvalue weighted by Crippen LogP contribution is 2.45. The molecule has 1 amide bonds. The number of aromatic nitrogens is 2. The van der Waals surface area contributed by atoms with Crippen LogP contribution < -0.4 is 0 Å². The van der Waals surface area contributed by atoms with Gasteiger partial charge in [0.15, 0.2) is 0 Å². The number of carbonyl (C=O) groups excluding carboxylic acids is 1. The standard InChI is InChI=1S/C36H39F3N4O/c1-25-40-32-13-7-8-14-33(32)43(25)29-23-27-15-16-28(24-29)42(27)22-19-35(26-9-3-2-4-10-26)17-20-41(21-18-35)34(44)30-11-5-6-12-31(30)36(37,38)39/h2-14,27-29H,15-24H2,1H3/t27-,28+,29+. The predicted molar refractivity (Wildman–Crippen MR) is 166 cm³/mol. The van der Waals surface area contributed by atoms with Gasteiger partial charge in [-0.15, -0.1) is 0 Å². The van der Waals surface area contributed by atoms with Crippen molar-refractivity contribution in [3.05, 3.63) is 101 Å². The van der Waals surface area contributed by atoms with Gasteiger partial charge in [-0.2, -0.15) is 13.2 Å². The predicted octanol–water partition coefficient (Wildman–Crippen LogP) is 7.80. The number of aryl methyl sites for hydroxylation is 1. The molecular weight excluding hydrogens is 561 g/mol. The number of likely N-dealkylation sites (tertiary alicyclic amines) is 1. The first kappa shape index (κ1) is 29.1. The SMILES string of the molecule is Cc1nc2ccccc2n1[C@H]1C[C@H]2CC[C@@H](C1)N2CCC1(c2ccccc2)CCN(C(=O)c2ccccc2C(F)(F)F)CC1. The summed E-state index contributed by atoms with van der Waals surface area (Å²) in [6, 6.07) is 25.6. The first-order valence-corrected chi connectivity index (χ1v) is 15.9. The number of benzene rings is 3. The molecule has 0 aliphatic carbocycles. The summed E-state index contributed by atoms with van der Waals surface area (Å²) in [5.74, 6) is 0.563. The number of imidazole rings is 1. The van der Waals surface area contributed by atoms with Crippen molar-refractivity contribution in [1.29, 1.82) is 0 Å². The molecule has 4 aromatic rings. The van der Waals surface area contributed by atoms with Crippen molar-refractivity contribution in [2.75, 3.05) is 19.6 Å². The lowest BCUT2D eigenvalue weighted by Gasteiger charge is -2.45. The van der Waals surface area contributed by atoms with E-state index in [4.69, 9.17) is 4.98 Å². The number of hydrogen-bond acceptors (Lipinski definition) is 3. The fourth-order valence-corrected chi connectivity index (χ4v) is 8.49. The average molecular weight is 601 g/mol. The van der Waals surface area contributed by atoms with Crippen LogP contribution in [0.1, 0.15) is 78.3 Å². The van der Waals surface area contributed by atoms with Crippen molar-refractivity contribution in [3.63, 3.8) is 0 Å². The third-order valence-corrected chi connectivity index (χ3v) is 10.7. The van der Waals surface area contributed by atoms with Gasteiger partial charge < -0.3 is 9.47 Å². The van der Waals surface area contributed by atoms with E-state index in [1.807, 2.05) is 6.07 Å². The van der Waals surface area contributed by atoms with Gasteiger partial charge >= 0.3 is 6.18 Å². The molecule has 4 heterocycles. The van der Waals surface area contributed by atoms with E-state index < -0.39 is 17.6 Å². The first-order chi connectivity index (χ1) is 21.2. The number of amides is 1. The highest BCUT2D eigenvalue weighted by atomic mass is 19.4. The molecule has 3 saturated heterocycles. The quantitative estimate of drug-likeness (QED) is 0.227. The summed E-state index contributed by atoms with van der Waals surface area (Å²) in [6.45, 7) is 4.01. The lowest BCUT2D eigenvalue weighted by Crippen LogP contribution is -2.49. The van der Waals surface area contributed by atoms with E-state index in [1.54, 1.807) is 4.90 Å². The second kappa shape index (κ2) is 11.4. The average Bonchev–Trinajstić information content (AvgIpc) is 3.50. The van der Waals surface area contributed by atoms with E-state index in [9.17, 15) is 18.0 Å². The van der Waals surface area contributed by atoms with Gasteiger partial charge in [0, 0.05) is 31.2 Å². The monoisotopic (exact) mass is 600 g/mol. The van der Waals surface area contributed by atoms with Crippen LogP contribution in [-0.4, -0.2) is 57.0 Å². The molecule has 5 nitrogen and oxygen atoms in total. The minimum absolute atomic E-state index is 0.116. The summed E-state index contributed by atoms with van der Waals surface area (Å²) in [6.07, 6.45) is 2.56. The van der Waals surface area contributed by atoms with Gasteiger partial charge in [0.1, 0.15) is 5.82 Å². The Balaban J connectivity index is 1.07. The van der Waals surface area contributed by atoms with Crippen molar-refractivity contribution >= 4 is 16.9 Å². The Bertz CT molecular complexity index is 1630. The van der Waals surface area contributed by atoms with Crippen molar-refractivity contribution in [2.45, 2.75) is 81.6 Å². The molecule has 0 saturated carbocycles. The summed E-state index contributed by atoms with van der Waals surface area (Å²) in [4.78, 5) is 22.6. The van der Waals surface area contributed by atoms with E-state index >= 15 is 0 Å². The normalized spacial score (nSPS) is 23.7. The summed E-state index contributed by atoms with van der Waals surface area (Å²) in [5.41, 5.74) is 2.33. The fraction of sp³-hybridized carbons (Fsp3) is 0.444. The van der Waals surface area contributed by atoms with Crippen molar-refractivity contribution < 1.29 is 18.0 Å². The number of fused-ring (bicyclic) bond motifs is 3. The molecule has 0 radical (unpaired) electrons. The molecule has 2 bridgehead atoms. The zero-order valence-corrected chi connectivity index (χ0v) is 25.1. The number of nitrogens with zero attached hydrogens (tertiary/aromatic N) is 4. The number of para-hydroxylation sites is 2. The second-order valence-corrected chi connectivity index (χ2v) is 13.0. The number of alkyl halides is 3. The number of halogens is 3. The maximum absolute atomic E-state index is 13.7. The molecular formula is C36H39F3N4O. The Morgan fingerprint density at radius 3 is 2.20 bits per heavy atom. The molecule has 0 N–H and O–H groups in total. The Morgan fingerprint density at radius 2 is 1.50 bits per heavy atom. The zero-order valence-electron chi connectivity index (χ0n) is 25.1. The summed E-state index contributed by atoms with van der Waals surface area (Å²) < 4.78 is 43.5. The molecule has 44 heavy (non-hydrogen) atoms. The highest BCUT2D eigenvalue weighted by Gasteiger charge is 2.44. The van der Waals surface area contributed by atoms with E-state index in [2.05, 4.69) is 64.9 Å². The second-order valence-electron chi connectivity index (χ2n) is 13.0. The number of carbonyl (C=O) groups is 1. The lowest BCUT2D eigenvalue weighted by molar-refractivity contribution is -0.138. The van der Waals surface area contributed by atoms with Crippen LogP contribution in [0.2, 0.25) is 0 Å². The highest BCUT2D eigenvalue weighted by molar-refractivity contribution is 5.96. The van der Waals surface area contributed by atoms with Crippen LogP contribution in [-0.2, 0) is 11.6 Å². The molecule has 0 unspecified atom stereocenters. The number of rotatable bonds is 6. The number of hydrogen-bond donors (Lipinski definition) is 0. The van der Waals surface area contributed by atoms with Gasteiger partial charge in [-0.05, 0) is 93.7 Å². The lowest BCUT2D eigenvalue weighted by atomic mass is 9.70. The molecule has 0 spiro atoms. The molecule has 3 aliphatic heterocycles. The fourth-order valence-electron chi connectivity index (χ4n) is 8.49. The van der Waals surface area contributed by atoms with Gasteiger partial charge in [0.05, 0.1) is 22.2 Å². The van der Waals surface area contributed by atoms with E-state index in [1.165, 1.54) is 42.1 Å². The summed E-state index contributed by atoms with van der Waals surface area (Å²) in [5, 5.41) is 0. The van der Waals surface area contributed by atoms with Crippen LogP contribution >= 0.6 is 0 Å². The van der Waals surface area contributed by atoms with Crippen LogP contribution in [0.5, 0.6) is 0 Å². The number of piperidine rings is 2. The van der Waals surface area contributed by atoms with Crippen LogP contribution in [0.3, 0.4) is 0 Å². The van der Waals surface area contributed by atoms with E-state index in [0.717, 1.165) is 56.1 Å². The van der Waals surface area contributed by atoms with Crippen LogP contribution in [0.4, 0.5) is 13.2 Å². The maximum atomic E-state index is 13.7. The van der Waals surface area contributed by atoms with Crippen LogP contribution in [0.25, 0.3) is 11.0 Å². The smallest absolute Gasteiger partial charge is 0.339 e. The minimum Gasteiger partial charge on any atom is -0.339 e. The molecule has 7 rings (SSSR count). The summed E-state index contributed by atoms with van der Waals surface area (Å²) >= 11 is 0. The van der Waals surface area contributed by atoms with Gasteiger partial charge in [-0.1, -0.05) is 54.6 Å². The Labute approximate surface area is 256 Å². The Morgan fingerprint density at radius 1 is 0.864 bits per heavy atom. The minimum atomic E-state index is -4.56. The molecule has 230 valence electrons. The van der Waals surface area contributed by atoms with Crippen molar-refractivity contribution in [1.82, 2.24) is 19.4 Å². The third-order valence-electron chi connectivity index (χ3n) is 10.7. The van der Waals surface area contributed by atoms with Gasteiger partial charge in [-0.3, -0.25) is 9.69 Å². The molecule has 3 fully saturated rings. The maximum Gasteiger partial charge on any atom is 0.417 e. The molecule has 3 aromatic carbocycles. The van der Waals surface area contributed by atoms with Crippen LogP contribution in [0.15, 0.2) is 78.9 Å². The van der Waals surface area contributed by atoms with Crippen molar-refractivity contribution in [3.8, 4) is 0 Å².